The van der Waals surface area contributed by atoms with Gasteiger partial charge in [-0.15, -0.1) is 0 Å². The molecular formula is C21H24N2O2. The molecule has 0 bridgehead atoms. The number of carbonyl (C=O) groups excluding carboxylic acids is 2. The average Bonchev–Trinajstić information content (AvgIpc) is 2.64. The molecule has 0 atom stereocenters. The maximum Gasteiger partial charge on any atom is 0.257 e. The molecular weight excluding hydrogens is 312 g/mol. The van der Waals surface area contributed by atoms with Crippen molar-refractivity contribution in [2.75, 3.05) is 10.6 Å². The minimum absolute atomic E-state index is 0.0239. The maximum atomic E-state index is 12.7. The van der Waals surface area contributed by atoms with Gasteiger partial charge in [0.05, 0.1) is 11.3 Å². The molecule has 1 saturated carbocycles. The highest BCUT2D eigenvalue weighted by molar-refractivity contribution is 6.10. The van der Waals surface area contributed by atoms with E-state index in [-0.39, 0.29) is 17.7 Å². The van der Waals surface area contributed by atoms with Gasteiger partial charge in [-0.3, -0.25) is 9.59 Å². The minimum Gasteiger partial charge on any atom is -0.325 e. The van der Waals surface area contributed by atoms with Crippen LogP contribution in [0, 0.1) is 12.8 Å². The first-order valence-corrected chi connectivity index (χ1v) is 8.92. The largest absolute Gasteiger partial charge is 0.325 e. The van der Waals surface area contributed by atoms with Crippen LogP contribution in [0.5, 0.6) is 0 Å². The summed E-state index contributed by atoms with van der Waals surface area (Å²) in [6, 6.07) is 14.8. The van der Waals surface area contributed by atoms with Gasteiger partial charge in [-0.2, -0.15) is 0 Å². The molecule has 0 unspecified atom stereocenters. The van der Waals surface area contributed by atoms with E-state index in [1.165, 1.54) is 6.42 Å². The average molecular weight is 336 g/mol. The highest BCUT2D eigenvalue weighted by Gasteiger charge is 2.22. The Kier molecular flexibility index (Phi) is 5.49. The molecule has 1 fully saturated rings. The molecule has 2 N–H and O–H groups in total. The van der Waals surface area contributed by atoms with Crippen molar-refractivity contribution in [3.8, 4) is 0 Å². The first kappa shape index (κ1) is 17.2. The maximum absolute atomic E-state index is 12.7. The van der Waals surface area contributed by atoms with Crippen molar-refractivity contribution >= 4 is 23.2 Å². The van der Waals surface area contributed by atoms with Crippen LogP contribution < -0.4 is 10.6 Å². The summed E-state index contributed by atoms with van der Waals surface area (Å²) in [4.78, 5) is 25.2. The summed E-state index contributed by atoms with van der Waals surface area (Å²) < 4.78 is 0. The number of amides is 2. The minimum atomic E-state index is -0.214. The predicted molar refractivity (Wildman–Crippen MR) is 101 cm³/mol. The van der Waals surface area contributed by atoms with E-state index >= 15 is 0 Å². The van der Waals surface area contributed by atoms with Gasteiger partial charge >= 0.3 is 0 Å². The van der Waals surface area contributed by atoms with Crippen LogP contribution >= 0.6 is 0 Å². The van der Waals surface area contributed by atoms with Crippen molar-refractivity contribution in [3.63, 3.8) is 0 Å². The molecule has 3 rings (SSSR count). The predicted octanol–water partition coefficient (Wildman–Crippen LogP) is 4.77. The van der Waals surface area contributed by atoms with Crippen LogP contribution in [-0.2, 0) is 4.79 Å². The molecule has 2 aromatic carbocycles. The zero-order chi connectivity index (χ0) is 17.6. The topological polar surface area (TPSA) is 58.2 Å². The van der Waals surface area contributed by atoms with Gasteiger partial charge < -0.3 is 10.6 Å². The van der Waals surface area contributed by atoms with Crippen LogP contribution in [0.2, 0.25) is 0 Å². The van der Waals surface area contributed by atoms with Gasteiger partial charge in [-0.1, -0.05) is 49.6 Å². The second-order valence-corrected chi connectivity index (χ2v) is 6.64. The molecule has 2 amide bonds. The fraction of sp³-hybridized carbons (Fsp3) is 0.333. The lowest BCUT2D eigenvalue weighted by Gasteiger charge is -2.21. The molecule has 0 saturated heterocycles. The first-order chi connectivity index (χ1) is 12.1. The number of carbonyl (C=O) groups is 2. The summed E-state index contributed by atoms with van der Waals surface area (Å²) in [7, 11) is 0. The zero-order valence-electron chi connectivity index (χ0n) is 14.5. The van der Waals surface area contributed by atoms with Gasteiger partial charge in [-0.25, -0.2) is 0 Å². The number of hydrogen-bond acceptors (Lipinski definition) is 2. The van der Waals surface area contributed by atoms with E-state index in [0.29, 0.717) is 11.3 Å². The molecule has 130 valence electrons. The lowest BCUT2D eigenvalue weighted by molar-refractivity contribution is -0.120. The Labute approximate surface area is 148 Å². The molecule has 1 aliphatic rings. The first-order valence-electron chi connectivity index (χ1n) is 8.92. The molecule has 0 aliphatic heterocycles. The van der Waals surface area contributed by atoms with Crippen LogP contribution in [0.15, 0.2) is 48.5 Å². The molecule has 0 spiro atoms. The second-order valence-electron chi connectivity index (χ2n) is 6.64. The van der Waals surface area contributed by atoms with Crippen LogP contribution in [0.4, 0.5) is 11.4 Å². The van der Waals surface area contributed by atoms with Crippen molar-refractivity contribution in [1.82, 2.24) is 0 Å². The summed E-state index contributed by atoms with van der Waals surface area (Å²) in [5.41, 5.74) is 2.83. The van der Waals surface area contributed by atoms with Gasteiger partial charge in [0.1, 0.15) is 0 Å². The lowest BCUT2D eigenvalue weighted by atomic mass is 9.88. The smallest absolute Gasteiger partial charge is 0.257 e. The molecule has 2 aromatic rings. The molecule has 25 heavy (non-hydrogen) atoms. The van der Waals surface area contributed by atoms with Gasteiger partial charge in [0.15, 0.2) is 0 Å². The van der Waals surface area contributed by atoms with Crippen LogP contribution in [0.1, 0.15) is 48.0 Å². The molecule has 4 nitrogen and oxygen atoms in total. The summed E-state index contributed by atoms with van der Waals surface area (Å²) in [5.74, 6) is -0.133. The summed E-state index contributed by atoms with van der Waals surface area (Å²) in [5, 5.41) is 5.89. The van der Waals surface area contributed by atoms with Crippen molar-refractivity contribution in [3.05, 3.63) is 59.7 Å². The summed E-state index contributed by atoms with van der Waals surface area (Å²) in [6.07, 6.45) is 5.28. The van der Waals surface area contributed by atoms with E-state index in [0.717, 1.165) is 36.9 Å². The highest BCUT2D eigenvalue weighted by Crippen LogP contribution is 2.26. The third kappa shape index (κ3) is 4.27. The monoisotopic (exact) mass is 336 g/mol. The Bertz CT molecular complexity index is 764. The fourth-order valence-electron chi connectivity index (χ4n) is 3.29. The fourth-order valence-corrected chi connectivity index (χ4v) is 3.29. The van der Waals surface area contributed by atoms with Gasteiger partial charge in [0, 0.05) is 11.6 Å². The Morgan fingerprint density at radius 3 is 2.20 bits per heavy atom. The standard InChI is InChI=1S/C21H24N2O2/c1-15-9-5-7-13-18(15)22-21(25)17-12-6-8-14-19(17)23-20(24)16-10-3-2-4-11-16/h5-9,12-14,16H,2-4,10-11H2,1H3,(H,22,25)(H,23,24). The van der Waals surface area contributed by atoms with Crippen molar-refractivity contribution < 1.29 is 9.59 Å². The van der Waals surface area contributed by atoms with E-state index in [2.05, 4.69) is 10.6 Å². The van der Waals surface area contributed by atoms with E-state index in [1.54, 1.807) is 12.1 Å². The quantitative estimate of drug-likeness (QED) is 0.845. The summed E-state index contributed by atoms with van der Waals surface area (Å²) >= 11 is 0. The third-order valence-electron chi connectivity index (χ3n) is 4.80. The molecule has 4 heteroatoms. The van der Waals surface area contributed by atoms with Crippen molar-refractivity contribution in [1.29, 1.82) is 0 Å². The third-order valence-corrected chi connectivity index (χ3v) is 4.80. The van der Waals surface area contributed by atoms with Gasteiger partial charge in [0.2, 0.25) is 5.91 Å². The van der Waals surface area contributed by atoms with Crippen LogP contribution in [0.3, 0.4) is 0 Å². The number of nitrogens with one attached hydrogen (secondary N) is 2. The van der Waals surface area contributed by atoms with E-state index in [1.807, 2.05) is 43.3 Å². The van der Waals surface area contributed by atoms with Crippen LogP contribution in [-0.4, -0.2) is 11.8 Å². The molecule has 0 aromatic heterocycles. The Hall–Kier alpha value is -2.62. The van der Waals surface area contributed by atoms with Crippen molar-refractivity contribution in [2.24, 2.45) is 5.92 Å². The van der Waals surface area contributed by atoms with Gasteiger partial charge in [-0.05, 0) is 43.5 Å². The second kappa shape index (κ2) is 7.97. The molecule has 1 aliphatic carbocycles. The summed E-state index contributed by atoms with van der Waals surface area (Å²) in [6.45, 7) is 1.95. The Morgan fingerprint density at radius 2 is 1.48 bits per heavy atom. The number of aryl methyl sites for hydroxylation is 1. The van der Waals surface area contributed by atoms with Gasteiger partial charge in [0.25, 0.3) is 5.91 Å². The zero-order valence-corrected chi connectivity index (χ0v) is 14.5. The lowest BCUT2D eigenvalue weighted by Crippen LogP contribution is -2.26. The van der Waals surface area contributed by atoms with E-state index < -0.39 is 0 Å². The Balaban J connectivity index is 1.75. The SMILES string of the molecule is Cc1ccccc1NC(=O)c1ccccc1NC(=O)C1CCCCC1. The van der Waals surface area contributed by atoms with Crippen LogP contribution in [0.25, 0.3) is 0 Å². The van der Waals surface area contributed by atoms with E-state index in [9.17, 15) is 9.59 Å². The van der Waals surface area contributed by atoms with Crippen molar-refractivity contribution in [2.45, 2.75) is 39.0 Å². The molecule has 0 heterocycles. The number of para-hydroxylation sites is 2. The number of rotatable bonds is 4. The Morgan fingerprint density at radius 1 is 0.840 bits per heavy atom. The highest BCUT2D eigenvalue weighted by atomic mass is 16.2. The van der Waals surface area contributed by atoms with E-state index in [4.69, 9.17) is 0 Å². The number of benzene rings is 2. The number of anilines is 2. The molecule has 0 radical (unpaired) electrons. The normalized spacial score (nSPS) is 14.8. The number of hydrogen-bond donors (Lipinski definition) is 2.